The van der Waals surface area contributed by atoms with Crippen molar-refractivity contribution in [2.75, 3.05) is 60.5 Å². The third-order valence-electron chi connectivity index (χ3n) is 9.16. The van der Waals surface area contributed by atoms with E-state index >= 15 is 0 Å². The number of ether oxygens (including phenoxy) is 1. The van der Waals surface area contributed by atoms with Gasteiger partial charge in [0.2, 0.25) is 0 Å². The Kier molecular flexibility index (Phi) is 13.3. The van der Waals surface area contributed by atoms with Crippen molar-refractivity contribution in [2.45, 2.75) is 57.0 Å². The van der Waals surface area contributed by atoms with E-state index in [4.69, 9.17) is 56.0 Å². The Hall–Kier alpha value is -2.76. The molecule has 2 aliphatic rings. The Labute approximate surface area is 302 Å². The normalized spacial score (nSPS) is 17.4. The molecule has 48 heavy (non-hydrogen) atoms. The highest BCUT2D eigenvalue weighted by molar-refractivity contribution is 6.42. The van der Waals surface area contributed by atoms with Gasteiger partial charge < -0.3 is 29.2 Å². The minimum atomic E-state index is -1.04. The van der Waals surface area contributed by atoms with Crippen molar-refractivity contribution in [3.63, 3.8) is 0 Å². The molecule has 0 saturated carbocycles. The average molecular weight is 744 g/mol. The van der Waals surface area contributed by atoms with Gasteiger partial charge in [0.25, 0.3) is 5.91 Å². The summed E-state index contributed by atoms with van der Waals surface area (Å²) in [5.74, 6) is -0.933. The van der Waals surface area contributed by atoms with Crippen molar-refractivity contribution in [2.24, 2.45) is 5.16 Å². The molecule has 14 heteroatoms. The molecule has 2 aromatic carbocycles. The average Bonchev–Trinajstić information content (AvgIpc) is 3.05. The summed E-state index contributed by atoms with van der Waals surface area (Å²) in [6.07, 6.45) is 3.09. The number of amides is 3. The number of esters is 1. The van der Waals surface area contributed by atoms with Gasteiger partial charge in [0.05, 0.1) is 29.4 Å². The molecule has 3 amide bonds. The highest BCUT2D eigenvalue weighted by Gasteiger charge is 2.44. The molecule has 0 aliphatic carbocycles. The lowest BCUT2D eigenvalue weighted by molar-refractivity contribution is -0.152. The first kappa shape index (κ1) is 38.0. The van der Waals surface area contributed by atoms with E-state index < -0.39 is 11.5 Å². The summed E-state index contributed by atoms with van der Waals surface area (Å²) in [5.41, 5.74) is 0.868. The van der Waals surface area contributed by atoms with E-state index in [-0.39, 0.29) is 30.4 Å². The van der Waals surface area contributed by atoms with Crippen LogP contribution in [0.2, 0.25) is 20.1 Å². The maximum Gasteiger partial charge on any atom is 0.331 e. The number of nitrogens with zero attached hydrogens (tertiary/aromatic N) is 5. The Bertz CT molecular complexity index is 1490. The molecule has 0 bridgehead atoms. The molecule has 0 spiro atoms. The van der Waals surface area contributed by atoms with E-state index in [1.807, 2.05) is 17.0 Å². The molecule has 2 aliphatic heterocycles. The largest absolute Gasteiger partial charge is 0.467 e. The van der Waals surface area contributed by atoms with E-state index in [9.17, 15) is 14.4 Å². The second-order valence-corrected chi connectivity index (χ2v) is 14.4. The highest BCUT2D eigenvalue weighted by Crippen LogP contribution is 2.32. The van der Waals surface area contributed by atoms with Gasteiger partial charge >= 0.3 is 12.0 Å². The molecule has 2 heterocycles. The summed E-state index contributed by atoms with van der Waals surface area (Å²) in [6, 6.07) is 10.2. The summed E-state index contributed by atoms with van der Waals surface area (Å²) < 4.78 is 4.98. The molecule has 0 unspecified atom stereocenters. The van der Waals surface area contributed by atoms with Gasteiger partial charge in [-0.25, -0.2) is 9.59 Å². The lowest BCUT2D eigenvalue weighted by Crippen LogP contribution is -2.63. The zero-order valence-corrected chi connectivity index (χ0v) is 31.0. The number of hydrogen-bond donors (Lipinski definition) is 0. The first-order chi connectivity index (χ1) is 22.8. The molecule has 0 aromatic heterocycles. The predicted molar refractivity (Wildman–Crippen MR) is 191 cm³/mol. The summed E-state index contributed by atoms with van der Waals surface area (Å²) in [4.78, 5) is 52.1. The third-order valence-corrected chi connectivity index (χ3v) is 10.3. The first-order valence-corrected chi connectivity index (χ1v) is 17.4. The number of oxime groups is 1. The third kappa shape index (κ3) is 9.07. The topological polar surface area (TPSA) is 95.0 Å². The minimum absolute atomic E-state index is 0.0844. The predicted octanol–water partition coefficient (Wildman–Crippen LogP) is 7.09. The molecule has 0 N–H and O–H groups in total. The van der Waals surface area contributed by atoms with Crippen LogP contribution >= 0.6 is 46.4 Å². The number of carbonyl (C=O) groups excluding carboxylic acids is 3. The van der Waals surface area contributed by atoms with E-state index in [0.717, 1.165) is 44.5 Å². The van der Waals surface area contributed by atoms with Crippen LogP contribution in [0.4, 0.5) is 4.79 Å². The molecule has 4 rings (SSSR count). The van der Waals surface area contributed by atoms with Crippen molar-refractivity contribution >= 4 is 70.0 Å². The fourth-order valence-corrected chi connectivity index (χ4v) is 7.35. The molecule has 10 nitrogen and oxygen atoms in total. The second-order valence-electron chi connectivity index (χ2n) is 12.7. The zero-order valence-electron chi connectivity index (χ0n) is 28.0. The lowest BCUT2D eigenvalue weighted by atomic mass is 9.89. The number of rotatable bonds is 12. The Morgan fingerprint density at radius 1 is 0.979 bits per heavy atom. The van der Waals surface area contributed by atoms with Crippen LogP contribution in [0.15, 0.2) is 41.6 Å². The number of hydrogen-bond acceptors (Lipinski definition) is 7. The van der Waals surface area contributed by atoms with Crippen molar-refractivity contribution in [1.29, 1.82) is 0 Å². The van der Waals surface area contributed by atoms with Crippen molar-refractivity contribution in [3.05, 3.63) is 67.6 Å². The van der Waals surface area contributed by atoms with Crippen LogP contribution in [0.5, 0.6) is 0 Å². The Morgan fingerprint density at radius 2 is 1.65 bits per heavy atom. The Balaban J connectivity index is 1.46. The molecule has 262 valence electrons. The van der Waals surface area contributed by atoms with E-state index in [1.165, 1.54) is 14.2 Å². The van der Waals surface area contributed by atoms with Crippen molar-refractivity contribution in [1.82, 2.24) is 19.6 Å². The molecule has 1 atom stereocenters. The van der Waals surface area contributed by atoms with Crippen LogP contribution in [0.3, 0.4) is 0 Å². The van der Waals surface area contributed by atoms with E-state index in [1.54, 1.807) is 55.0 Å². The van der Waals surface area contributed by atoms with Gasteiger partial charge in [0.1, 0.15) is 12.6 Å². The number of benzene rings is 2. The molecule has 0 radical (unpaired) electrons. The fraction of sp³-hybridized carbons (Fsp3) is 0.529. The molecule has 2 saturated heterocycles. The number of urea groups is 1. The number of piperidine rings is 1. The van der Waals surface area contributed by atoms with Gasteiger partial charge in [0.15, 0.2) is 0 Å². The Morgan fingerprint density at radius 3 is 2.25 bits per heavy atom. The fourth-order valence-electron chi connectivity index (χ4n) is 6.52. The smallest absolute Gasteiger partial charge is 0.331 e. The van der Waals surface area contributed by atoms with Crippen LogP contribution in [0, 0.1) is 0 Å². The van der Waals surface area contributed by atoms with Gasteiger partial charge in [-0.2, -0.15) is 0 Å². The summed E-state index contributed by atoms with van der Waals surface area (Å²) in [5, 5.41) is 5.99. The monoisotopic (exact) mass is 741 g/mol. The van der Waals surface area contributed by atoms with Crippen LogP contribution in [-0.4, -0.2) is 115 Å². The zero-order chi connectivity index (χ0) is 35.2. The van der Waals surface area contributed by atoms with Gasteiger partial charge in [-0.3, -0.25) is 4.79 Å². The van der Waals surface area contributed by atoms with Crippen molar-refractivity contribution in [3.8, 4) is 0 Å². The van der Waals surface area contributed by atoms with Gasteiger partial charge in [-0.15, -0.1) is 0 Å². The first-order valence-electron chi connectivity index (χ1n) is 15.9. The molecule has 2 fully saturated rings. The van der Waals surface area contributed by atoms with E-state index in [0.29, 0.717) is 50.9 Å². The van der Waals surface area contributed by atoms with Crippen LogP contribution in [0.25, 0.3) is 0 Å². The van der Waals surface area contributed by atoms with Crippen LogP contribution < -0.4 is 0 Å². The summed E-state index contributed by atoms with van der Waals surface area (Å²) in [6.45, 7) is 7.16. The van der Waals surface area contributed by atoms with Gasteiger partial charge in [-0.1, -0.05) is 57.6 Å². The quantitative estimate of drug-likeness (QED) is 0.131. The standard InChI is InChI=1S/C34H43Cl4N5O5/c1-34(2,32(45)47-4)43-13-6-12-42(33(43)46)26-9-14-41(15-10-26)16-11-27(22-7-8-28(37)29(38)19-22)30(39-48-5)21-40(3)31(44)23-17-24(35)20-25(36)18-23/h7-8,17-20,26-27H,6,9-16,21H2,1-5H3/b39-30+/t27-/m1/s1. The summed E-state index contributed by atoms with van der Waals surface area (Å²) >= 11 is 25.0. The maximum atomic E-state index is 13.5. The van der Waals surface area contributed by atoms with Gasteiger partial charge in [-0.05, 0) is 82.0 Å². The minimum Gasteiger partial charge on any atom is -0.467 e. The second kappa shape index (κ2) is 16.8. The molecular formula is C34H43Cl4N5O5. The van der Waals surface area contributed by atoms with Crippen molar-refractivity contribution < 1.29 is 24.0 Å². The number of likely N-dealkylation sites (tertiary alicyclic amines) is 1. The SMILES string of the molecule is CO/N=C(\CN(C)C(=O)c1cc(Cl)cc(Cl)c1)[C@H](CCN1CCC(N2CCCN(C(C)(C)C(=O)OC)C2=O)CC1)c1ccc(Cl)c(Cl)c1. The van der Waals surface area contributed by atoms with Crippen LogP contribution in [0.1, 0.15) is 61.4 Å². The van der Waals surface area contributed by atoms with E-state index in [2.05, 4.69) is 10.1 Å². The molecular weight excluding hydrogens is 700 g/mol. The number of methoxy groups -OCH3 is 1. The highest BCUT2D eigenvalue weighted by atomic mass is 35.5. The van der Waals surface area contributed by atoms with Gasteiger partial charge in [0, 0.05) is 60.8 Å². The maximum absolute atomic E-state index is 13.5. The molecule has 2 aromatic rings. The number of halogens is 4. The number of carbonyl (C=O) groups is 3. The summed E-state index contributed by atoms with van der Waals surface area (Å²) in [7, 11) is 4.51. The lowest BCUT2D eigenvalue weighted by Gasteiger charge is -2.47. The van der Waals surface area contributed by atoms with Crippen LogP contribution in [-0.2, 0) is 14.4 Å².